The number of nitrogens with zero attached hydrogens (tertiary/aromatic N) is 2. The van der Waals surface area contributed by atoms with Gasteiger partial charge in [0.25, 0.3) is 0 Å². The van der Waals surface area contributed by atoms with Crippen molar-refractivity contribution in [2.24, 2.45) is 0 Å². The van der Waals surface area contributed by atoms with Crippen molar-refractivity contribution in [2.75, 3.05) is 12.4 Å². The second-order valence-corrected chi connectivity index (χ2v) is 5.73. The third-order valence-electron chi connectivity index (χ3n) is 3.88. The van der Waals surface area contributed by atoms with Crippen LogP contribution < -0.4 is 15.4 Å². The van der Waals surface area contributed by atoms with Crippen LogP contribution in [0, 0.1) is 0 Å². The van der Waals surface area contributed by atoms with Crippen molar-refractivity contribution in [3.63, 3.8) is 0 Å². The number of halogens is 3. The molecule has 1 aromatic heterocycles. The number of anilines is 1. The zero-order chi connectivity index (χ0) is 20.1. The van der Waals surface area contributed by atoms with Crippen molar-refractivity contribution in [3.05, 3.63) is 71.8 Å². The number of nitrogens with one attached hydrogen (secondary N) is 3. The fourth-order valence-electron chi connectivity index (χ4n) is 2.60. The number of aromatic amines is 1. The topological polar surface area (TPSA) is 91.9 Å². The lowest BCUT2D eigenvalue weighted by molar-refractivity contribution is -0.137. The van der Waals surface area contributed by atoms with Crippen LogP contribution in [0.3, 0.4) is 0 Å². The summed E-state index contributed by atoms with van der Waals surface area (Å²) in [5, 5.41) is 11.5. The largest absolute Gasteiger partial charge is 0.495 e. The zero-order valence-corrected chi connectivity index (χ0v) is 14.6. The molecule has 0 aliphatic carbocycles. The number of alkyl halides is 3. The van der Waals surface area contributed by atoms with Crippen LogP contribution in [0.5, 0.6) is 5.75 Å². The van der Waals surface area contributed by atoms with Crippen LogP contribution in [0.15, 0.2) is 54.9 Å². The van der Waals surface area contributed by atoms with E-state index in [-0.39, 0.29) is 11.4 Å². The van der Waals surface area contributed by atoms with Gasteiger partial charge in [0.15, 0.2) is 5.82 Å². The standard InChI is InChI=1S/C18H16F3N5O2/c1-28-14-8-3-2-7-13(14)24-17(27)25-15(16-22-10-23-26-16)11-5-4-6-12(9-11)18(19,20)21/h2-10,15H,1H3,(H,22,23,26)(H2,24,25,27). The molecule has 10 heteroatoms. The number of methoxy groups -OCH3 is 1. The van der Waals surface area contributed by atoms with Crippen LogP contribution in [-0.4, -0.2) is 28.3 Å². The number of aromatic nitrogens is 3. The molecule has 1 heterocycles. The van der Waals surface area contributed by atoms with E-state index in [1.165, 1.54) is 25.6 Å². The summed E-state index contributed by atoms with van der Waals surface area (Å²) in [7, 11) is 1.46. The maximum Gasteiger partial charge on any atom is 0.416 e. The van der Waals surface area contributed by atoms with Crippen molar-refractivity contribution in [2.45, 2.75) is 12.2 Å². The number of rotatable bonds is 5. The first-order chi connectivity index (χ1) is 13.4. The van der Waals surface area contributed by atoms with E-state index in [0.29, 0.717) is 11.4 Å². The van der Waals surface area contributed by atoms with E-state index in [1.54, 1.807) is 24.3 Å². The molecule has 0 radical (unpaired) electrons. The van der Waals surface area contributed by atoms with Gasteiger partial charge in [-0.25, -0.2) is 9.78 Å². The van der Waals surface area contributed by atoms with Gasteiger partial charge in [-0.05, 0) is 29.8 Å². The molecule has 0 bridgehead atoms. The van der Waals surface area contributed by atoms with Crippen molar-refractivity contribution in [1.82, 2.24) is 20.5 Å². The smallest absolute Gasteiger partial charge is 0.416 e. The molecule has 3 N–H and O–H groups in total. The molecule has 0 fully saturated rings. The Morgan fingerprint density at radius 3 is 2.64 bits per heavy atom. The van der Waals surface area contributed by atoms with E-state index in [4.69, 9.17) is 4.74 Å². The summed E-state index contributed by atoms with van der Waals surface area (Å²) < 4.78 is 44.3. The third kappa shape index (κ3) is 4.40. The molecule has 0 spiro atoms. The number of para-hydroxylation sites is 2. The monoisotopic (exact) mass is 391 g/mol. The minimum Gasteiger partial charge on any atom is -0.495 e. The van der Waals surface area contributed by atoms with E-state index in [2.05, 4.69) is 25.8 Å². The van der Waals surface area contributed by atoms with Gasteiger partial charge in [-0.15, -0.1) is 0 Å². The molecular weight excluding hydrogens is 375 g/mol. The molecule has 2 amide bonds. The lowest BCUT2D eigenvalue weighted by atomic mass is 10.0. The summed E-state index contributed by atoms with van der Waals surface area (Å²) in [5.74, 6) is 0.627. The normalized spacial score (nSPS) is 12.3. The van der Waals surface area contributed by atoms with E-state index in [9.17, 15) is 18.0 Å². The average Bonchev–Trinajstić information content (AvgIpc) is 3.20. The quantitative estimate of drug-likeness (QED) is 0.618. The molecule has 0 aliphatic heterocycles. The zero-order valence-electron chi connectivity index (χ0n) is 14.6. The Balaban J connectivity index is 1.87. The van der Waals surface area contributed by atoms with Crippen molar-refractivity contribution in [1.29, 1.82) is 0 Å². The number of benzene rings is 2. The Bertz CT molecular complexity index is 944. The Hall–Kier alpha value is -3.56. The van der Waals surface area contributed by atoms with E-state index < -0.39 is 23.8 Å². The van der Waals surface area contributed by atoms with Crippen LogP contribution in [0.25, 0.3) is 0 Å². The van der Waals surface area contributed by atoms with Crippen molar-refractivity contribution < 1.29 is 22.7 Å². The third-order valence-corrected chi connectivity index (χ3v) is 3.88. The molecule has 146 valence electrons. The highest BCUT2D eigenvalue weighted by Gasteiger charge is 2.31. The Morgan fingerprint density at radius 1 is 1.18 bits per heavy atom. The van der Waals surface area contributed by atoms with Gasteiger partial charge in [0.1, 0.15) is 18.1 Å². The number of urea groups is 1. The Morgan fingerprint density at radius 2 is 1.96 bits per heavy atom. The van der Waals surface area contributed by atoms with Gasteiger partial charge in [-0.2, -0.15) is 18.3 Å². The molecule has 0 saturated carbocycles. The molecule has 0 aliphatic rings. The van der Waals surface area contributed by atoms with Crippen molar-refractivity contribution >= 4 is 11.7 Å². The van der Waals surface area contributed by atoms with Gasteiger partial charge in [0.2, 0.25) is 0 Å². The molecule has 28 heavy (non-hydrogen) atoms. The number of hydrogen-bond donors (Lipinski definition) is 3. The fraction of sp³-hybridized carbons (Fsp3) is 0.167. The number of ether oxygens (including phenoxy) is 1. The highest BCUT2D eigenvalue weighted by molar-refractivity contribution is 5.91. The first kappa shape index (κ1) is 19.2. The minimum atomic E-state index is -4.51. The number of H-pyrrole nitrogens is 1. The number of amides is 2. The van der Waals surface area contributed by atoms with Gasteiger partial charge >= 0.3 is 12.2 Å². The molecule has 1 atom stereocenters. The Kier molecular flexibility index (Phi) is 5.48. The van der Waals surface area contributed by atoms with Gasteiger partial charge in [0, 0.05) is 0 Å². The summed E-state index contributed by atoms with van der Waals surface area (Å²) in [6, 6.07) is 9.76. The molecule has 0 saturated heterocycles. The fourth-order valence-corrected chi connectivity index (χ4v) is 2.60. The second-order valence-electron chi connectivity index (χ2n) is 5.73. The number of carbonyl (C=O) groups excluding carboxylic acids is 1. The summed E-state index contributed by atoms with van der Waals surface area (Å²) >= 11 is 0. The van der Waals surface area contributed by atoms with Crippen LogP contribution in [0.4, 0.5) is 23.7 Å². The first-order valence-corrected chi connectivity index (χ1v) is 8.11. The minimum absolute atomic E-state index is 0.189. The van der Waals surface area contributed by atoms with Gasteiger partial charge in [-0.3, -0.25) is 5.10 Å². The maximum absolute atomic E-state index is 13.1. The molecule has 1 unspecified atom stereocenters. The van der Waals surface area contributed by atoms with Crippen LogP contribution in [0.1, 0.15) is 23.0 Å². The molecule has 3 rings (SSSR count). The lowest BCUT2D eigenvalue weighted by Gasteiger charge is -2.19. The van der Waals surface area contributed by atoms with E-state index in [1.807, 2.05) is 0 Å². The molecule has 7 nitrogen and oxygen atoms in total. The average molecular weight is 391 g/mol. The van der Waals surface area contributed by atoms with Crippen molar-refractivity contribution in [3.8, 4) is 5.75 Å². The molecular formula is C18H16F3N5O2. The second kappa shape index (κ2) is 7.99. The lowest BCUT2D eigenvalue weighted by Crippen LogP contribution is -2.34. The van der Waals surface area contributed by atoms with E-state index >= 15 is 0 Å². The number of carbonyl (C=O) groups is 1. The summed E-state index contributed by atoms with van der Waals surface area (Å²) in [4.78, 5) is 16.4. The van der Waals surface area contributed by atoms with Crippen LogP contribution >= 0.6 is 0 Å². The maximum atomic E-state index is 13.1. The highest BCUT2D eigenvalue weighted by atomic mass is 19.4. The van der Waals surface area contributed by atoms with Gasteiger partial charge in [-0.1, -0.05) is 24.3 Å². The summed E-state index contributed by atoms with van der Waals surface area (Å²) in [6.07, 6.45) is -3.31. The summed E-state index contributed by atoms with van der Waals surface area (Å²) in [5.41, 5.74) is -0.230. The van der Waals surface area contributed by atoms with Crippen LogP contribution in [-0.2, 0) is 6.18 Å². The molecule has 3 aromatic rings. The van der Waals surface area contributed by atoms with Crippen LogP contribution in [0.2, 0.25) is 0 Å². The highest BCUT2D eigenvalue weighted by Crippen LogP contribution is 2.31. The molecule has 2 aromatic carbocycles. The van der Waals surface area contributed by atoms with E-state index in [0.717, 1.165) is 12.1 Å². The van der Waals surface area contributed by atoms with Gasteiger partial charge in [0.05, 0.1) is 18.4 Å². The Labute approximate surface area is 157 Å². The predicted octanol–water partition coefficient (Wildman–Crippen LogP) is 3.74. The number of hydrogen-bond acceptors (Lipinski definition) is 4. The summed E-state index contributed by atoms with van der Waals surface area (Å²) in [6.45, 7) is 0. The first-order valence-electron chi connectivity index (χ1n) is 8.11. The SMILES string of the molecule is COc1ccccc1NC(=O)NC(c1cccc(C(F)(F)F)c1)c1ncn[nH]1. The predicted molar refractivity (Wildman–Crippen MR) is 94.8 cm³/mol. The van der Waals surface area contributed by atoms with Gasteiger partial charge < -0.3 is 15.4 Å².